The van der Waals surface area contributed by atoms with E-state index >= 15 is 0 Å². The number of hydrogen-bond donors (Lipinski definition) is 0. The average molecular weight is 305 g/mol. The van der Waals surface area contributed by atoms with Gasteiger partial charge in [-0.3, -0.25) is 0 Å². The molecular formula is C17H36S2. The maximum Gasteiger partial charge on any atom is 0.0212 e. The maximum atomic E-state index is 2.41. The summed E-state index contributed by atoms with van der Waals surface area (Å²) in [6.07, 6.45) is 2.55. The second-order valence-corrected chi connectivity index (χ2v) is 12.7. The first-order chi connectivity index (χ1) is 8.12. The Labute approximate surface area is 130 Å². The first-order valence-corrected chi connectivity index (χ1v) is 9.75. The third kappa shape index (κ3) is 12.2. The Kier molecular flexibility index (Phi) is 6.89. The van der Waals surface area contributed by atoms with E-state index in [2.05, 4.69) is 90.8 Å². The molecule has 0 aromatic rings. The van der Waals surface area contributed by atoms with Crippen molar-refractivity contribution >= 4 is 21.6 Å². The Morgan fingerprint density at radius 3 is 1.42 bits per heavy atom. The van der Waals surface area contributed by atoms with Crippen LogP contribution in [0.1, 0.15) is 82.1 Å². The topological polar surface area (TPSA) is 0 Å². The van der Waals surface area contributed by atoms with E-state index in [0.717, 1.165) is 0 Å². The molecule has 116 valence electrons. The van der Waals surface area contributed by atoms with Gasteiger partial charge in [-0.05, 0) is 42.9 Å². The minimum Gasteiger partial charge on any atom is -0.0931 e. The van der Waals surface area contributed by atoms with Crippen molar-refractivity contribution in [3.8, 4) is 0 Å². The summed E-state index contributed by atoms with van der Waals surface area (Å²) in [6, 6.07) is 0. The zero-order valence-corrected chi connectivity index (χ0v) is 16.6. The predicted molar refractivity (Wildman–Crippen MR) is 96.1 cm³/mol. The van der Waals surface area contributed by atoms with Gasteiger partial charge in [0.15, 0.2) is 0 Å². The Morgan fingerprint density at radius 2 is 1.05 bits per heavy atom. The molecule has 0 aliphatic carbocycles. The van der Waals surface area contributed by atoms with Crippen molar-refractivity contribution in [3.05, 3.63) is 0 Å². The molecular weight excluding hydrogens is 268 g/mol. The van der Waals surface area contributed by atoms with Gasteiger partial charge in [0.1, 0.15) is 0 Å². The van der Waals surface area contributed by atoms with E-state index in [1.54, 1.807) is 0 Å². The lowest BCUT2D eigenvalue weighted by Crippen LogP contribution is -2.25. The third-order valence-electron chi connectivity index (χ3n) is 2.70. The average Bonchev–Trinajstić information content (AvgIpc) is 1.90. The molecule has 0 radical (unpaired) electrons. The number of rotatable bonds is 6. The van der Waals surface area contributed by atoms with E-state index in [1.165, 1.54) is 18.6 Å². The molecule has 0 saturated carbocycles. The van der Waals surface area contributed by atoms with Gasteiger partial charge in [0, 0.05) is 10.5 Å². The zero-order valence-electron chi connectivity index (χ0n) is 14.9. The summed E-state index contributed by atoms with van der Waals surface area (Å²) in [7, 11) is 4.14. The molecule has 0 rings (SSSR count). The molecule has 0 unspecified atom stereocenters. The van der Waals surface area contributed by atoms with Crippen LogP contribution >= 0.6 is 21.6 Å². The van der Waals surface area contributed by atoms with Crippen LogP contribution in [-0.4, -0.2) is 10.5 Å². The lowest BCUT2D eigenvalue weighted by molar-refractivity contribution is 0.239. The van der Waals surface area contributed by atoms with E-state index in [9.17, 15) is 0 Å². The summed E-state index contributed by atoms with van der Waals surface area (Å²) in [4.78, 5) is 0. The van der Waals surface area contributed by atoms with Gasteiger partial charge < -0.3 is 0 Å². The van der Waals surface area contributed by atoms with Crippen molar-refractivity contribution in [1.29, 1.82) is 0 Å². The van der Waals surface area contributed by atoms with Gasteiger partial charge in [0.25, 0.3) is 0 Å². The van der Waals surface area contributed by atoms with Crippen molar-refractivity contribution in [3.63, 3.8) is 0 Å². The van der Waals surface area contributed by atoms with Crippen LogP contribution < -0.4 is 0 Å². The SMILES string of the molecule is CC(C)(C)CC(C)(C)CSSC(C)(C)CC(C)(C)C. The van der Waals surface area contributed by atoms with Crippen molar-refractivity contribution < 1.29 is 0 Å². The summed E-state index contributed by atoms with van der Waals surface area (Å²) < 4.78 is 0.362. The second kappa shape index (κ2) is 6.64. The van der Waals surface area contributed by atoms with Gasteiger partial charge >= 0.3 is 0 Å². The Morgan fingerprint density at radius 1 is 0.632 bits per heavy atom. The standard InChI is InChI=1S/C17H36S2/c1-14(2,3)11-16(7,8)13-18-19-17(9,10)12-15(4,5)6/h11-13H2,1-10H3. The van der Waals surface area contributed by atoms with Gasteiger partial charge in [0.05, 0.1) is 0 Å². The van der Waals surface area contributed by atoms with E-state index in [0.29, 0.717) is 21.0 Å². The van der Waals surface area contributed by atoms with E-state index < -0.39 is 0 Å². The highest BCUT2D eigenvalue weighted by Crippen LogP contribution is 2.46. The van der Waals surface area contributed by atoms with Crippen LogP contribution in [0.15, 0.2) is 0 Å². The van der Waals surface area contributed by atoms with E-state index in [1.807, 2.05) is 0 Å². The smallest absolute Gasteiger partial charge is 0.0212 e. The summed E-state index contributed by atoms with van der Waals surface area (Å²) >= 11 is 0. The normalized spacial score (nSPS) is 14.8. The van der Waals surface area contributed by atoms with Gasteiger partial charge in [0.2, 0.25) is 0 Å². The van der Waals surface area contributed by atoms with Crippen LogP contribution in [-0.2, 0) is 0 Å². The summed E-state index contributed by atoms with van der Waals surface area (Å²) in [5, 5.41) is 0. The molecule has 0 nitrogen and oxygen atoms in total. The van der Waals surface area contributed by atoms with Crippen molar-refractivity contribution in [2.45, 2.75) is 86.8 Å². The highest BCUT2D eigenvalue weighted by atomic mass is 33.1. The largest absolute Gasteiger partial charge is 0.0931 e. The fourth-order valence-electron chi connectivity index (χ4n) is 3.14. The van der Waals surface area contributed by atoms with Gasteiger partial charge in [-0.2, -0.15) is 0 Å². The molecule has 0 N–H and O–H groups in total. The molecule has 0 fully saturated rings. The quantitative estimate of drug-likeness (QED) is 0.482. The first-order valence-electron chi connectivity index (χ1n) is 7.43. The molecule has 0 aromatic carbocycles. The summed E-state index contributed by atoms with van der Waals surface area (Å²) in [5.41, 5.74) is 1.27. The molecule has 0 heterocycles. The molecule has 0 spiro atoms. The van der Waals surface area contributed by atoms with Crippen LogP contribution in [0.5, 0.6) is 0 Å². The van der Waals surface area contributed by atoms with Gasteiger partial charge in [-0.25, -0.2) is 0 Å². The molecule has 0 bridgehead atoms. The molecule has 0 aliphatic heterocycles. The van der Waals surface area contributed by atoms with Gasteiger partial charge in [-0.15, -0.1) is 0 Å². The fourth-order valence-corrected chi connectivity index (χ4v) is 6.70. The van der Waals surface area contributed by atoms with Crippen LogP contribution in [0.2, 0.25) is 0 Å². The maximum absolute atomic E-state index is 2.41. The molecule has 19 heavy (non-hydrogen) atoms. The Hall–Kier alpha value is 0.700. The molecule has 0 saturated heterocycles. The lowest BCUT2D eigenvalue weighted by Gasteiger charge is -2.34. The predicted octanol–water partition coefficient (Wildman–Crippen LogP) is 7.05. The van der Waals surface area contributed by atoms with Crippen LogP contribution in [0.25, 0.3) is 0 Å². The third-order valence-corrected chi connectivity index (χ3v) is 6.37. The van der Waals surface area contributed by atoms with Crippen LogP contribution in [0.3, 0.4) is 0 Å². The monoisotopic (exact) mass is 304 g/mol. The molecule has 2 heteroatoms. The summed E-state index contributed by atoms with van der Waals surface area (Å²) in [5.74, 6) is 1.24. The minimum absolute atomic E-state index is 0.362. The van der Waals surface area contributed by atoms with E-state index in [4.69, 9.17) is 0 Å². The summed E-state index contributed by atoms with van der Waals surface area (Å²) in [6.45, 7) is 23.6. The highest BCUT2D eigenvalue weighted by Gasteiger charge is 2.29. The first kappa shape index (κ1) is 19.7. The second-order valence-electron chi connectivity index (χ2n) is 9.74. The Bertz CT molecular complexity index is 236. The molecule has 0 aromatic heterocycles. The molecule has 0 aliphatic rings. The minimum atomic E-state index is 0.362. The molecule has 0 amide bonds. The number of hydrogen-bond acceptors (Lipinski definition) is 2. The highest BCUT2D eigenvalue weighted by molar-refractivity contribution is 8.77. The van der Waals surface area contributed by atoms with Crippen molar-refractivity contribution in [2.75, 3.05) is 5.75 Å². The van der Waals surface area contributed by atoms with Crippen molar-refractivity contribution in [2.24, 2.45) is 16.2 Å². The van der Waals surface area contributed by atoms with Crippen molar-refractivity contribution in [1.82, 2.24) is 0 Å². The van der Waals surface area contributed by atoms with Crippen LogP contribution in [0.4, 0.5) is 0 Å². The fraction of sp³-hybridized carbons (Fsp3) is 1.00. The van der Waals surface area contributed by atoms with E-state index in [-0.39, 0.29) is 0 Å². The zero-order chi connectivity index (χ0) is 15.5. The Balaban J connectivity index is 4.21. The lowest BCUT2D eigenvalue weighted by atomic mass is 9.77. The van der Waals surface area contributed by atoms with Crippen LogP contribution in [0, 0.1) is 16.2 Å². The van der Waals surface area contributed by atoms with Gasteiger partial charge in [-0.1, -0.05) is 77.0 Å². The molecule has 0 atom stereocenters.